The third-order valence-corrected chi connectivity index (χ3v) is 7.90. The number of carbonyl (C=O) groups excluding carboxylic acids is 2. The van der Waals surface area contributed by atoms with Gasteiger partial charge in [0.2, 0.25) is 11.8 Å². The zero-order chi connectivity index (χ0) is 21.3. The Morgan fingerprint density at radius 2 is 2.03 bits per heavy atom. The van der Waals surface area contributed by atoms with Crippen LogP contribution in [-0.4, -0.2) is 73.6 Å². The molecule has 0 unspecified atom stereocenters. The first-order chi connectivity index (χ1) is 13.6. The van der Waals surface area contributed by atoms with Crippen LogP contribution in [0.1, 0.15) is 12.8 Å². The maximum atomic E-state index is 13.2. The van der Waals surface area contributed by atoms with Gasteiger partial charge in [0, 0.05) is 31.5 Å². The Bertz CT molecular complexity index is 951. The first-order valence-corrected chi connectivity index (χ1v) is 11.2. The average molecular weight is 461 g/mol. The number of nitrogens with zero attached hydrogens (tertiary/aromatic N) is 3. The molecule has 1 N–H and O–H groups in total. The fraction of sp³-hybridized carbons (Fsp3) is 0.444. The number of rotatable bonds is 5. The molecule has 2 amide bonds. The van der Waals surface area contributed by atoms with Crippen molar-refractivity contribution in [3.8, 4) is 0 Å². The molecule has 29 heavy (non-hydrogen) atoms. The SMILES string of the molecule is CN(C)[C@@H]1CCN(C(=O)C[C@@H]2C(=O)NC=CN2S(=O)(=O)c2cccc(Cl)c2Cl)C1. The standard InChI is InChI=1S/C18H22Cl2N4O4S/c1-22(2)12-6-8-23(11-12)16(25)10-14-18(26)21-7-9-24(14)29(27,28)15-5-3-4-13(19)17(15)20/h3-5,7,9,12,14H,6,8,10-11H2,1-2H3,(H,21,26)/t12-,14-/m1/s1. The minimum atomic E-state index is -4.20. The lowest BCUT2D eigenvalue weighted by Crippen LogP contribution is -2.51. The maximum Gasteiger partial charge on any atom is 0.266 e. The quantitative estimate of drug-likeness (QED) is 0.718. The number of likely N-dealkylation sites (N-methyl/N-ethyl adjacent to an activating group) is 1. The van der Waals surface area contributed by atoms with Crippen molar-refractivity contribution in [1.29, 1.82) is 0 Å². The fourth-order valence-electron chi connectivity index (χ4n) is 3.42. The van der Waals surface area contributed by atoms with E-state index in [1.165, 1.54) is 30.6 Å². The molecular formula is C18H22Cl2N4O4S. The van der Waals surface area contributed by atoms with Gasteiger partial charge in [-0.1, -0.05) is 29.3 Å². The Kier molecular flexibility index (Phi) is 6.42. The first kappa shape index (κ1) is 21.9. The van der Waals surface area contributed by atoms with Crippen molar-refractivity contribution in [1.82, 2.24) is 19.4 Å². The summed E-state index contributed by atoms with van der Waals surface area (Å²) in [6.45, 7) is 1.11. The number of halogens is 2. The van der Waals surface area contributed by atoms with Gasteiger partial charge in [-0.05, 0) is 32.6 Å². The van der Waals surface area contributed by atoms with Gasteiger partial charge in [0.05, 0.1) is 16.5 Å². The number of nitrogens with one attached hydrogen (secondary N) is 1. The van der Waals surface area contributed by atoms with E-state index >= 15 is 0 Å². The lowest BCUT2D eigenvalue weighted by Gasteiger charge is -2.32. The van der Waals surface area contributed by atoms with Crippen molar-refractivity contribution < 1.29 is 18.0 Å². The van der Waals surface area contributed by atoms with Gasteiger partial charge in [0.15, 0.2) is 0 Å². The molecule has 1 fully saturated rings. The summed E-state index contributed by atoms with van der Waals surface area (Å²) in [5.41, 5.74) is 0. The van der Waals surface area contributed by atoms with E-state index in [9.17, 15) is 18.0 Å². The van der Waals surface area contributed by atoms with Gasteiger partial charge < -0.3 is 15.1 Å². The molecule has 0 aromatic heterocycles. The van der Waals surface area contributed by atoms with Crippen molar-refractivity contribution >= 4 is 45.0 Å². The van der Waals surface area contributed by atoms with Gasteiger partial charge in [-0.25, -0.2) is 8.42 Å². The number of likely N-dealkylation sites (tertiary alicyclic amines) is 1. The van der Waals surface area contributed by atoms with Gasteiger partial charge in [-0.2, -0.15) is 0 Å². The molecule has 1 aromatic rings. The molecule has 2 atom stereocenters. The molecule has 0 radical (unpaired) electrons. The number of hydrogen-bond acceptors (Lipinski definition) is 5. The van der Waals surface area contributed by atoms with Crippen molar-refractivity contribution in [2.24, 2.45) is 0 Å². The molecule has 0 bridgehead atoms. The van der Waals surface area contributed by atoms with Crippen LogP contribution in [0.2, 0.25) is 10.0 Å². The molecule has 2 heterocycles. The highest BCUT2D eigenvalue weighted by Crippen LogP contribution is 2.33. The van der Waals surface area contributed by atoms with E-state index in [0.29, 0.717) is 13.1 Å². The second-order valence-electron chi connectivity index (χ2n) is 7.18. The van der Waals surface area contributed by atoms with Crippen LogP contribution in [0, 0.1) is 0 Å². The van der Waals surface area contributed by atoms with Crippen LogP contribution < -0.4 is 5.32 Å². The minimum Gasteiger partial charge on any atom is -0.341 e. The maximum absolute atomic E-state index is 13.2. The molecule has 158 valence electrons. The largest absolute Gasteiger partial charge is 0.341 e. The van der Waals surface area contributed by atoms with Crippen LogP contribution in [0.5, 0.6) is 0 Å². The van der Waals surface area contributed by atoms with E-state index in [1.54, 1.807) is 4.90 Å². The van der Waals surface area contributed by atoms with Crippen LogP contribution in [0.4, 0.5) is 0 Å². The van der Waals surface area contributed by atoms with Gasteiger partial charge >= 0.3 is 0 Å². The van der Waals surface area contributed by atoms with Crippen LogP contribution in [0.25, 0.3) is 0 Å². The van der Waals surface area contributed by atoms with E-state index < -0.39 is 22.0 Å². The lowest BCUT2D eigenvalue weighted by molar-refractivity contribution is -0.135. The molecule has 0 saturated carbocycles. The Balaban J connectivity index is 1.85. The number of carbonyl (C=O) groups is 2. The third kappa shape index (κ3) is 4.37. The molecule has 2 aliphatic rings. The molecule has 8 nitrogen and oxygen atoms in total. The van der Waals surface area contributed by atoms with Crippen LogP contribution in [-0.2, 0) is 19.6 Å². The molecule has 0 aliphatic carbocycles. The van der Waals surface area contributed by atoms with Crippen molar-refractivity contribution in [3.05, 3.63) is 40.6 Å². The monoisotopic (exact) mass is 460 g/mol. The smallest absolute Gasteiger partial charge is 0.266 e. The number of amides is 2. The van der Waals surface area contributed by atoms with Gasteiger partial charge in [0.25, 0.3) is 10.0 Å². The van der Waals surface area contributed by atoms with Crippen molar-refractivity contribution in [2.75, 3.05) is 27.2 Å². The first-order valence-electron chi connectivity index (χ1n) is 9.01. The highest BCUT2D eigenvalue weighted by molar-refractivity contribution is 7.89. The Labute approximate surface area is 180 Å². The Morgan fingerprint density at radius 1 is 1.31 bits per heavy atom. The van der Waals surface area contributed by atoms with E-state index in [2.05, 4.69) is 5.32 Å². The van der Waals surface area contributed by atoms with E-state index in [4.69, 9.17) is 23.2 Å². The Morgan fingerprint density at radius 3 is 2.69 bits per heavy atom. The minimum absolute atomic E-state index is 0.0811. The predicted octanol–water partition coefficient (Wildman–Crippen LogP) is 1.51. The summed E-state index contributed by atoms with van der Waals surface area (Å²) in [6, 6.07) is 3.26. The highest BCUT2D eigenvalue weighted by Gasteiger charge is 2.39. The molecular weight excluding hydrogens is 439 g/mol. The molecule has 11 heteroatoms. The lowest BCUT2D eigenvalue weighted by atomic mass is 10.1. The summed E-state index contributed by atoms with van der Waals surface area (Å²) in [5, 5.41) is 2.42. The second-order valence-corrected chi connectivity index (χ2v) is 9.77. The number of sulfonamides is 1. The fourth-order valence-corrected chi connectivity index (χ4v) is 5.61. The van der Waals surface area contributed by atoms with Crippen LogP contribution >= 0.6 is 23.2 Å². The summed E-state index contributed by atoms with van der Waals surface area (Å²) in [4.78, 5) is 28.7. The molecule has 1 saturated heterocycles. The second kappa shape index (κ2) is 8.51. The molecule has 1 aromatic carbocycles. The summed E-state index contributed by atoms with van der Waals surface area (Å²) in [7, 11) is -0.309. The van der Waals surface area contributed by atoms with E-state index in [1.807, 2.05) is 19.0 Å². The zero-order valence-corrected chi connectivity index (χ0v) is 18.3. The number of benzene rings is 1. The van der Waals surface area contributed by atoms with Gasteiger partial charge in [0.1, 0.15) is 10.9 Å². The van der Waals surface area contributed by atoms with Gasteiger partial charge in [-0.15, -0.1) is 0 Å². The van der Waals surface area contributed by atoms with Crippen molar-refractivity contribution in [3.63, 3.8) is 0 Å². The third-order valence-electron chi connectivity index (χ3n) is 5.14. The summed E-state index contributed by atoms with van der Waals surface area (Å²) < 4.78 is 27.2. The predicted molar refractivity (Wildman–Crippen MR) is 110 cm³/mol. The molecule has 3 rings (SSSR count). The summed E-state index contributed by atoms with van der Waals surface area (Å²) >= 11 is 12.1. The van der Waals surface area contributed by atoms with Crippen molar-refractivity contribution in [2.45, 2.75) is 29.8 Å². The number of hydrogen-bond donors (Lipinski definition) is 1. The van der Waals surface area contributed by atoms with Gasteiger partial charge in [-0.3, -0.25) is 13.9 Å². The van der Waals surface area contributed by atoms with E-state index in [-0.39, 0.29) is 33.3 Å². The zero-order valence-electron chi connectivity index (χ0n) is 16.0. The summed E-state index contributed by atoms with van der Waals surface area (Å²) in [6.07, 6.45) is 3.00. The van der Waals surface area contributed by atoms with Crippen LogP contribution in [0.15, 0.2) is 35.5 Å². The molecule has 0 spiro atoms. The normalized spacial score (nSPS) is 22.3. The summed E-state index contributed by atoms with van der Waals surface area (Å²) in [5.74, 6) is -0.854. The topological polar surface area (TPSA) is 90.0 Å². The Hall–Kier alpha value is -1.81. The van der Waals surface area contributed by atoms with Crippen LogP contribution in [0.3, 0.4) is 0 Å². The molecule has 2 aliphatic heterocycles. The average Bonchev–Trinajstić information content (AvgIpc) is 3.16. The highest BCUT2D eigenvalue weighted by atomic mass is 35.5. The van der Waals surface area contributed by atoms with E-state index in [0.717, 1.165) is 10.7 Å².